The maximum Gasteiger partial charge on any atom is 0.274 e. The molecule has 0 radical (unpaired) electrons. The third kappa shape index (κ3) is 3.02. The van der Waals surface area contributed by atoms with Crippen LogP contribution in [0.25, 0.3) is 0 Å². The molecule has 1 aromatic rings. The third-order valence-corrected chi connectivity index (χ3v) is 3.10. The van der Waals surface area contributed by atoms with Crippen molar-refractivity contribution in [3.8, 4) is 0 Å². The van der Waals surface area contributed by atoms with Gasteiger partial charge in [0.1, 0.15) is 0 Å². The van der Waals surface area contributed by atoms with E-state index < -0.39 is 11.0 Å². The van der Waals surface area contributed by atoms with Crippen LogP contribution in [0.2, 0.25) is 0 Å². The van der Waals surface area contributed by atoms with Crippen molar-refractivity contribution in [1.29, 1.82) is 0 Å². The van der Waals surface area contributed by atoms with Gasteiger partial charge < -0.3 is 5.73 Å². The number of nitrogens with zero attached hydrogens (tertiary/aromatic N) is 2. The number of para-hydroxylation sites is 1. The molecule has 0 aromatic heterocycles. The van der Waals surface area contributed by atoms with E-state index in [1.165, 1.54) is 6.07 Å². The number of rotatable bonds is 6. The van der Waals surface area contributed by atoms with Crippen molar-refractivity contribution in [2.24, 2.45) is 5.73 Å². The highest BCUT2D eigenvalue weighted by Crippen LogP contribution is 2.29. The summed E-state index contributed by atoms with van der Waals surface area (Å²) >= 11 is 5.07. The lowest BCUT2D eigenvalue weighted by Gasteiger charge is -2.28. The molecule has 1 rings (SSSR count). The number of likely N-dealkylation sites (N-methyl/N-ethyl adjacent to an activating group) is 1. The van der Waals surface area contributed by atoms with E-state index in [2.05, 4.69) is 0 Å². The Morgan fingerprint density at radius 3 is 2.44 bits per heavy atom. The molecule has 6 heteroatoms. The Morgan fingerprint density at radius 2 is 2.00 bits per heavy atom. The highest BCUT2D eigenvalue weighted by molar-refractivity contribution is 7.80. The molecule has 5 nitrogen and oxygen atoms in total. The summed E-state index contributed by atoms with van der Waals surface area (Å²) in [4.78, 5) is 12.9. The molecule has 0 aliphatic rings. The van der Waals surface area contributed by atoms with E-state index in [0.717, 1.165) is 13.1 Å². The Kier molecular flexibility index (Phi) is 5.18. The van der Waals surface area contributed by atoms with Crippen molar-refractivity contribution in [2.45, 2.75) is 19.9 Å². The van der Waals surface area contributed by atoms with Gasteiger partial charge >= 0.3 is 0 Å². The van der Waals surface area contributed by atoms with E-state index in [1.54, 1.807) is 18.2 Å². The van der Waals surface area contributed by atoms with Crippen molar-refractivity contribution in [1.82, 2.24) is 4.90 Å². The summed E-state index contributed by atoms with van der Waals surface area (Å²) in [5.74, 6) is 0. The van der Waals surface area contributed by atoms with Crippen molar-refractivity contribution < 1.29 is 4.92 Å². The van der Waals surface area contributed by atoms with E-state index >= 15 is 0 Å². The zero-order chi connectivity index (χ0) is 13.7. The number of hydrogen-bond acceptors (Lipinski definition) is 4. The standard InChI is InChI=1S/C12H17N3O2S/c1-3-14(4-2)11(12(13)18)9-7-5-6-8-10(9)15(16)17/h5-8,11H,3-4H2,1-2H3,(H2,13,18). The normalized spacial score (nSPS) is 12.4. The first-order valence-electron chi connectivity index (χ1n) is 5.79. The number of nitro benzene ring substituents is 1. The van der Waals surface area contributed by atoms with Crippen molar-refractivity contribution >= 4 is 22.9 Å². The van der Waals surface area contributed by atoms with Crippen molar-refractivity contribution in [3.63, 3.8) is 0 Å². The van der Waals surface area contributed by atoms with Gasteiger partial charge in [-0.1, -0.05) is 44.3 Å². The molecule has 0 spiro atoms. The van der Waals surface area contributed by atoms with E-state index in [0.29, 0.717) is 5.56 Å². The first-order chi connectivity index (χ1) is 8.52. The highest BCUT2D eigenvalue weighted by atomic mass is 32.1. The lowest BCUT2D eigenvalue weighted by Crippen LogP contribution is -2.37. The number of thiocarbonyl (C=S) groups is 1. The topological polar surface area (TPSA) is 72.4 Å². The summed E-state index contributed by atoms with van der Waals surface area (Å²) in [6.07, 6.45) is 0. The second-order valence-electron chi connectivity index (χ2n) is 3.84. The fraction of sp³-hybridized carbons (Fsp3) is 0.417. The van der Waals surface area contributed by atoms with Gasteiger partial charge in [0, 0.05) is 6.07 Å². The molecule has 0 aliphatic carbocycles. The number of benzene rings is 1. The van der Waals surface area contributed by atoms with Crippen molar-refractivity contribution in [2.75, 3.05) is 13.1 Å². The van der Waals surface area contributed by atoms with Crippen LogP contribution in [0.1, 0.15) is 25.5 Å². The van der Waals surface area contributed by atoms with Gasteiger partial charge in [0.25, 0.3) is 5.69 Å². The summed E-state index contributed by atoms with van der Waals surface area (Å²) in [6.45, 7) is 5.40. The number of hydrogen-bond donors (Lipinski definition) is 1. The van der Waals surface area contributed by atoms with Crippen LogP contribution in [0.15, 0.2) is 24.3 Å². The molecule has 0 amide bonds. The average Bonchev–Trinajstić information content (AvgIpc) is 2.35. The van der Waals surface area contributed by atoms with E-state index in [-0.39, 0.29) is 10.7 Å². The molecule has 1 aromatic carbocycles. The summed E-state index contributed by atoms with van der Waals surface area (Å²) < 4.78 is 0. The van der Waals surface area contributed by atoms with Crippen molar-refractivity contribution in [3.05, 3.63) is 39.9 Å². The zero-order valence-electron chi connectivity index (χ0n) is 10.5. The predicted molar refractivity (Wildman–Crippen MR) is 75.5 cm³/mol. The largest absolute Gasteiger partial charge is 0.392 e. The number of nitrogens with two attached hydrogens (primary N) is 1. The maximum atomic E-state index is 11.1. The molecule has 0 heterocycles. The summed E-state index contributed by atoms with van der Waals surface area (Å²) in [5, 5.41) is 11.1. The van der Waals surface area contributed by atoms with Crippen LogP contribution in [-0.2, 0) is 0 Å². The van der Waals surface area contributed by atoms with Gasteiger partial charge in [0.15, 0.2) is 0 Å². The predicted octanol–water partition coefficient (Wildman–Crippen LogP) is 2.26. The number of nitro groups is 1. The second kappa shape index (κ2) is 6.42. The monoisotopic (exact) mass is 267 g/mol. The summed E-state index contributed by atoms with van der Waals surface area (Å²) in [6, 6.07) is 6.19. The minimum absolute atomic E-state index is 0.0576. The first-order valence-corrected chi connectivity index (χ1v) is 6.20. The minimum atomic E-state index is -0.399. The fourth-order valence-electron chi connectivity index (χ4n) is 2.00. The molecule has 2 N–H and O–H groups in total. The van der Waals surface area contributed by atoms with E-state index in [9.17, 15) is 10.1 Å². The van der Waals surface area contributed by atoms with Crippen LogP contribution < -0.4 is 5.73 Å². The Morgan fingerprint density at radius 1 is 1.44 bits per heavy atom. The maximum absolute atomic E-state index is 11.1. The van der Waals surface area contributed by atoms with E-state index in [4.69, 9.17) is 18.0 Å². The van der Waals surface area contributed by atoms with Crippen LogP contribution >= 0.6 is 12.2 Å². The third-order valence-electron chi connectivity index (χ3n) is 2.88. The molecule has 98 valence electrons. The molecule has 0 aliphatic heterocycles. The Balaban J connectivity index is 3.30. The fourth-order valence-corrected chi connectivity index (χ4v) is 2.28. The zero-order valence-corrected chi connectivity index (χ0v) is 11.3. The van der Waals surface area contributed by atoms with Crippen LogP contribution in [0.3, 0.4) is 0 Å². The van der Waals surface area contributed by atoms with Crippen LogP contribution in [0.4, 0.5) is 5.69 Å². The van der Waals surface area contributed by atoms with Crippen LogP contribution in [-0.4, -0.2) is 27.9 Å². The second-order valence-corrected chi connectivity index (χ2v) is 4.31. The first kappa shape index (κ1) is 14.5. The molecular weight excluding hydrogens is 250 g/mol. The lowest BCUT2D eigenvalue weighted by molar-refractivity contribution is -0.385. The molecule has 1 unspecified atom stereocenters. The summed E-state index contributed by atoms with van der Waals surface area (Å²) in [5.41, 5.74) is 6.37. The van der Waals surface area contributed by atoms with Gasteiger partial charge in [-0.3, -0.25) is 15.0 Å². The quantitative estimate of drug-likeness (QED) is 0.486. The highest BCUT2D eigenvalue weighted by Gasteiger charge is 2.27. The van der Waals surface area contributed by atoms with E-state index in [1.807, 2.05) is 18.7 Å². The molecule has 0 saturated carbocycles. The Bertz CT molecular complexity index is 447. The van der Waals surface area contributed by atoms with Crippen LogP contribution in [0, 0.1) is 10.1 Å². The smallest absolute Gasteiger partial charge is 0.274 e. The SMILES string of the molecule is CCN(CC)C(C(N)=S)c1ccccc1[N+](=O)[O-]. The Labute approximate surface area is 112 Å². The minimum Gasteiger partial charge on any atom is -0.392 e. The van der Waals surface area contributed by atoms with Gasteiger partial charge in [0.05, 0.1) is 21.5 Å². The summed E-state index contributed by atoms with van der Waals surface area (Å²) in [7, 11) is 0. The van der Waals surface area contributed by atoms with Gasteiger partial charge in [-0.15, -0.1) is 0 Å². The lowest BCUT2D eigenvalue weighted by atomic mass is 10.0. The van der Waals surface area contributed by atoms with Gasteiger partial charge in [-0.2, -0.15) is 0 Å². The Hall–Kier alpha value is -1.53. The molecule has 0 saturated heterocycles. The molecule has 0 bridgehead atoms. The van der Waals surface area contributed by atoms with Gasteiger partial charge in [-0.05, 0) is 13.1 Å². The molecule has 1 atom stereocenters. The van der Waals surface area contributed by atoms with Gasteiger partial charge in [-0.25, -0.2) is 0 Å². The van der Waals surface area contributed by atoms with Crippen LogP contribution in [0.5, 0.6) is 0 Å². The molecule has 18 heavy (non-hydrogen) atoms. The molecule has 0 fully saturated rings. The average molecular weight is 267 g/mol. The molecular formula is C12H17N3O2S. The van der Waals surface area contributed by atoms with Gasteiger partial charge in [0.2, 0.25) is 0 Å².